The van der Waals surface area contributed by atoms with E-state index >= 15 is 0 Å². The summed E-state index contributed by atoms with van der Waals surface area (Å²) in [6.45, 7) is 2.72. The lowest BCUT2D eigenvalue weighted by Gasteiger charge is -2.12. The molecular formula is C24H24N2O3. The summed E-state index contributed by atoms with van der Waals surface area (Å²) >= 11 is 0. The van der Waals surface area contributed by atoms with E-state index in [2.05, 4.69) is 17.6 Å². The van der Waals surface area contributed by atoms with E-state index < -0.39 is 0 Å². The molecule has 5 nitrogen and oxygen atoms in total. The summed E-state index contributed by atoms with van der Waals surface area (Å²) in [4.78, 5) is 24.7. The minimum absolute atomic E-state index is 0.132. The molecule has 2 N–H and O–H groups in total. The number of anilines is 1. The lowest BCUT2D eigenvalue weighted by Crippen LogP contribution is -2.24. The molecule has 0 unspecified atom stereocenters. The van der Waals surface area contributed by atoms with Crippen molar-refractivity contribution in [2.75, 3.05) is 11.9 Å². The van der Waals surface area contributed by atoms with Crippen LogP contribution in [0.4, 0.5) is 5.69 Å². The monoisotopic (exact) mass is 388 g/mol. The molecule has 2 amide bonds. The number of nitrogens with one attached hydrogen (secondary N) is 2. The molecule has 0 atom stereocenters. The Hall–Kier alpha value is -3.60. The van der Waals surface area contributed by atoms with Gasteiger partial charge in [-0.2, -0.15) is 0 Å². The highest BCUT2D eigenvalue weighted by Gasteiger charge is 2.12. The minimum Gasteiger partial charge on any atom is -0.455 e. The normalized spacial score (nSPS) is 10.2. The Labute approximate surface area is 170 Å². The van der Waals surface area contributed by atoms with Crippen LogP contribution in [0, 0.1) is 0 Å². The van der Waals surface area contributed by atoms with Crippen molar-refractivity contribution in [3.63, 3.8) is 0 Å². The number of benzene rings is 3. The van der Waals surface area contributed by atoms with Crippen LogP contribution in [0.2, 0.25) is 0 Å². The number of hydrogen-bond donors (Lipinski definition) is 2. The number of carbonyl (C=O) groups excluding carboxylic acids is 2. The average molecular weight is 388 g/mol. The third-order valence-corrected chi connectivity index (χ3v) is 4.33. The Kier molecular flexibility index (Phi) is 7.00. The van der Waals surface area contributed by atoms with Gasteiger partial charge in [0, 0.05) is 17.7 Å². The highest BCUT2D eigenvalue weighted by atomic mass is 16.5. The van der Waals surface area contributed by atoms with Gasteiger partial charge in [-0.3, -0.25) is 9.59 Å². The van der Waals surface area contributed by atoms with Gasteiger partial charge in [0.25, 0.3) is 11.8 Å². The fourth-order valence-electron chi connectivity index (χ4n) is 2.72. The summed E-state index contributed by atoms with van der Waals surface area (Å²) < 4.78 is 5.88. The molecule has 3 aromatic rings. The second-order valence-electron chi connectivity index (χ2n) is 6.55. The van der Waals surface area contributed by atoms with Gasteiger partial charge in [-0.1, -0.05) is 43.7 Å². The molecule has 5 heteroatoms. The highest BCUT2D eigenvalue weighted by molar-refractivity contribution is 6.05. The van der Waals surface area contributed by atoms with Gasteiger partial charge < -0.3 is 15.4 Å². The zero-order chi connectivity index (χ0) is 20.5. The zero-order valence-corrected chi connectivity index (χ0v) is 16.4. The second-order valence-corrected chi connectivity index (χ2v) is 6.55. The first kappa shape index (κ1) is 20.1. The van der Waals surface area contributed by atoms with Crippen molar-refractivity contribution in [3.8, 4) is 11.5 Å². The van der Waals surface area contributed by atoms with Crippen LogP contribution in [-0.2, 0) is 0 Å². The zero-order valence-electron chi connectivity index (χ0n) is 16.4. The number of para-hydroxylation sites is 3. The van der Waals surface area contributed by atoms with Gasteiger partial charge in [0.2, 0.25) is 0 Å². The number of hydrogen-bond acceptors (Lipinski definition) is 3. The molecule has 0 spiro atoms. The molecule has 0 aliphatic rings. The van der Waals surface area contributed by atoms with E-state index in [1.807, 2.05) is 42.5 Å². The molecule has 0 fully saturated rings. The number of ether oxygens (including phenoxy) is 1. The van der Waals surface area contributed by atoms with Crippen molar-refractivity contribution < 1.29 is 14.3 Å². The van der Waals surface area contributed by atoms with Crippen molar-refractivity contribution in [2.24, 2.45) is 0 Å². The van der Waals surface area contributed by atoms with Crippen molar-refractivity contribution >= 4 is 17.5 Å². The van der Waals surface area contributed by atoms with Crippen LogP contribution in [0.25, 0.3) is 0 Å². The third kappa shape index (κ3) is 5.69. The van der Waals surface area contributed by atoms with Crippen LogP contribution in [0.3, 0.4) is 0 Å². The maximum Gasteiger partial charge on any atom is 0.255 e. The fraction of sp³-hybridized carbons (Fsp3) is 0.167. The molecule has 0 saturated carbocycles. The number of amides is 2. The van der Waals surface area contributed by atoms with Crippen molar-refractivity contribution in [1.82, 2.24) is 5.32 Å². The van der Waals surface area contributed by atoms with Crippen LogP contribution in [0.15, 0.2) is 78.9 Å². The maximum absolute atomic E-state index is 12.6. The largest absolute Gasteiger partial charge is 0.455 e. The van der Waals surface area contributed by atoms with Gasteiger partial charge in [-0.25, -0.2) is 0 Å². The van der Waals surface area contributed by atoms with Crippen molar-refractivity contribution in [1.29, 1.82) is 0 Å². The number of carbonyl (C=O) groups is 2. The highest BCUT2D eigenvalue weighted by Crippen LogP contribution is 2.29. The molecule has 3 aromatic carbocycles. The van der Waals surface area contributed by atoms with E-state index in [0.29, 0.717) is 34.9 Å². The molecule has 0 aliphatic carbocycles. The molecule has 3 rings (SSSR count). The van der Waals surface area contributed by atoms with Crippen LogP contribution in [-0.4, -0.2) is 18.4 Å². The van der Waals surface area contributed by atoms with E-state index in [9.17, 15) is 9.59 Å². The maximum atomic E-state index is 12.6. The number of rotatable bonds is 8. The first-order valence-corrected chi connectivity index (χ1v) is 9.69. The first-order valence-electron chi connectivity index (χ1n) is 9.69. The minimum atomic E-state index is -0.271. The molecule has 29 heavy (non-hydrogen) atoms. The summed E-state index contributed by atoms with van der Waals surface area (Å²) in [5, 5.41) is 5.74. The van der Waals surface area contributed by atoms with Crippen LogP contribution in [0.5, 0.6) is 11.5 Å². The second kappa shape index (κ2) is 10.1. The summed E-state index contributed by atoms with van der Waals surface area (Å²) in [5.74, 6) is 0.839. The van der Waals surface area contributed by atoms with Crippen molar-refractivity contribution in [2.45, 2.75) is 19.8 Å². The predicted octanol–water partition coefficient (Wildman–Crippen LogP) is 5.26. The predicted molar refractivity (Wildman–Crippen MR) is 115 cm³/mol. The van der Waals surface area contributed by atoms with Gasteiger partial charge in [0.15, 0.2) is 5.75 Å². The Balaban J connectivity index is 1.67. The van der Waals surface area contributed by atoms with E-state index in [0.717, 1.165) is 12.8 Å². The van der Waals surface area contributed by atoms with Crippen LogP contribution < -0.4 is 15.4 Å². The van der Waals surface area contributed by atoms with Gasteiger partial charge in [-0.15, -0.1) is 0 Å². The molecule has 148 valence electrons. The third-order valence-electron chi connectivity index (χ3n) is 4.33. The molecule has 0 bridgehead atoms. The standard InChI is InChI=1S/C24H24N2O3/c1-2-3-17-25-23(27)18-13-15-19(16-14-18)24(28)26-21-11-7-8-12-22(21)29-20-9-5-4-6-10-20/h4-16H,2-3,17H2,1H3,(H,25,27)(H,26,28). The topological polar surface area (TPSA) is 67.4 Å². The molecule has 0 aromatic heterocycles. The summed E-state index contributed by atoms with van der Waals surface area (Å²) in [6, 6.07) is 23.2. The molecule has 0 aliphatic heterocycles. The quantitative estimate of drug-likeness (QED) is 0.517. The van der Waals surface area contributed by atoms with E-state index in [-0.39, 0.29) is 11.8 Å². The average Bonchev–Trinajstić information content (AvgIpc) is 2.76. The Bertz CT molecular complexity index is 953. The van der Waals surface area contributed by atoms with Gasteiger partial charge in [0.1, 0.15) is 5.75 Å². The molecule has 0 heterocycles. The Morgan fingerprint density at radius 2 is 1.41 bits per heavy atom. The van der Waals surface area contributed by atoms with Crippen LogP contribution in [0.1, 0.15) is 40.5 Å². The summed E-state index contributed by atoms with van der Waals surface area (Å²) in [7, 11) is 0. The molecular weight excluding hydrogens is 364 g/mol. The van der Waals surface area contributed by atoms with E-state index in [1.165, 1.54) is 0 Å². The SMILES string of the molecule is CCCCNC(=O)c1ccc(C(=O)Nc2ccccc2Oc2ccccc2)cc1. The van der Waals surface area contributed by atoms with Gasteiger partial charge >= 0.3 is 0 Å². The van der Waals surface area contributed by atoms with Gasteiger partial charge in [-0.05, 0) is 55.0 Å². The Morgan fingerprint density at radius 1 is 0.793 bits per heavy atom. The first-order chi connectivity index (χ1) is 14.2. The van der Waals surface area contributed by atoms with E-state index in [4.69, 9.17) is 4.74 Å². The lowest BCUT2D eigenvalue weighted by molar-refractivity contribution is 0.0951. The smallest absolute Gasteiger partial charge is 0.255 e. The summed E-state index contributed by atoms with van der Waals surface area (Å²) in [5.41, 5.74) is 1.57. The lowest BCUT2D eigenvalue weighted by atomic mass is 10.1. The Morgan fingerprint density at radius 3 is 2.10 bits per heavy atom. The molecule has 0 radical (unpaired) electrons. The number of unbranched alkanes of at least 4 members (excludes halogenated alkanes) is 1. The van der Waals surface area contributed by atoms with Crippen LogP contribution >= 0.6 is 0 Å². The van der Waals surface area contributed by atoms with E-state index in [1.54, 1.807) is 36.4 Å². The van der Waals surface area contributed by atoms with Crippen molar-refractivity contribution in [3.05, 3.63) is 90.0 Å². The molecule has 0 saturated heterocycles. The fourth-order valence-corrected chi connectivity index (χ4v) is 2.72. The summed E-state index contributed by atoms with van der Waals surface area (Å²) in [6.07, 6.45) is 1.96. The van der Waals surface area contributed by atoms with Gasteiger partial charge in [0.05, 0.1) is 5.69 Å².